The molecule has 5 aromatic rings. The monoisotopic (exact) mass is 1410 g/mol. The summed E-state index contributed by atoms with van der Waals surface area (Å²) in [7, 11) is 2.18. The van der Waals surface area contributed by atoms with Gasteiger partial charge in [0, 0.05) is 75.1 Å². The molecule has 0 bridgehead atoms. The number of nitro benzene ring substituents is 6. The number of nitrogens with one attached hydrogen (secondary N) is 2. The van der Waals surface area contributed by atoms with Gasteiger partial charge >= 0.3 is 0 Å². The van der Waals surface area contributed by atoms with E-state index in [-0.39, 0.29) is 69.5 Å². The summed E-state index contributed by atoms with van der Waals surface area (Å²) in [5.41, 5.74) is -8.29. The number of hydrogen-bond donors (Lipinski definition) is 3. The summed E-state index contributed by atoms with van der Waals surface area (Å²) >= 11 is 0. The topological polar surface area (TPSA) is 412 Å². The van der Waals surface area contributed by atoms with Gasteiger partial charge in [-0.25, -0.2) is 4.57 Å². The van der Waals surface area contributed by atoms with Gasteiger partial charge in [-0.05, 0) is 72.2 Å². The fourth-order valence-electron chi connectivity index (χ4n) is 11.2. The summed E-state index contributed by atoms with van der Waals surface area (Å²) in [4.78, 5) is 103. The zero-order valence-corrected chi connectivity index (χ0v) is 57.6. The minimum absolute atomic E-state index is 0.0234. The normalized spacial score (nSPS) is 11.3. The Morgan fingerprint density at radius 2 is 0.980 bits per heavy atom. The van der Waals surface area contributed by atoms with Crippen LogP contribution in [0.15, 0.2) is 79.1 Å². The molecule has 0 spiro atoms. The van der Waals surface area contributed by atoms with Gasteiger partial charge in [0.25, 0.3) is 34.1 Å². The zero-order chi connectivity index (χ0) is 73.2. The Bertz CT molecular complexity index is 3500. The molecule has 31 heteroatoms. The molecule has 0 atom stereocenters. The smallest absolute Gasteiger partial charge is 0.286 e. The number of rotatable bonds is 56. The third kappa shape index (κ3) is 30.8. The van der Waals surface area contributed by atoms with Gasteiger partial charge in [-0.2, -0.15) is 0 Å². The molecule has 0 aliphatic carbocycles. The highest BCUT2D eigenvalue weighted by molar-refractivity contribution is 5.94. The quantitative estimate of drug-likeness (QED) is 0.0141. The van der Waals surface area contributed by atoms with Crippen LogP contribution in [0.25, 0.3) is 28.2 Å². The molecule has 1 aromatic heterocycles. The van der Waals surface area contributed by atoms with Crippen LogP contribution in [0, 0.1) is 60.7 Å². The van der Waals surface area contributed by atoms with E-state index in [4.69, 9.17) is 24.1 Å². The maximum Gasteiger partial charge on any atom is 0.286 e. The molecule has 0 radical (unpaired) electrons. The van der Waals surface area contributed by atoms with Crippen LogP contribution in [0.4, 0.5) is 51.2 Å². The van der Waals surface area contributed by atoms with Crippen molar-refractivity contribution in [3.8, 4) is 0 Å². The third-order valence-corrected chi connectivity index (χ3v) is 16.7. The van der Waals surface area contributed by atoms with Crippen molar-refractivity contribution in [3.63, 3.8) is 0 Å². The summed E-state index contributed by atoms with van der Waals surface area (Å²) in [5.74, 6) is -0.717. The van der Waals surface area contributed by atoms with Crippen LogP contribution in [0.2, 0.25) is 0 Å². The number of non-ortho nitro benzene ring substituents is 1. The Morgan fingerprint density at radius 3 is 1.56 bits per heavy atom. The molecule has 0 fully saturated rings. The number of nitro groups is 6. The number of aliphatic hydroxyl groups is 1. The Balaban J connectivity index is 0.789. The number of nitrogens with zero attached hydrogens (tertiary/aromatic N) is 9. The highest BCUT2D eigenvalue weighted by atomic mass is 16.7. The molecule has 0 unspecified atom stereocenters. The van der Waals surface area contributed by atoms with E-state index in [0.717, 1.165) is 108 Å². The maximum absolute atomic E-state index is 12.7. The number of ketones is 1. The van der Waals surface area contributed by atoms with Crippen LogP contribution in [0.5, 0.6) is 0 Å². The number of aliphatic hydroxyl groups excluding tert-OH is 1. The number of benzene rings is 4. The highest BCUT2D eigenvalue weighted by Crippen LogP contribution is 2.55. The standard InChI is InChI=1S/C70H95N11O20/c1-74(58-29-28-56-48-55(26-27-57(56)49-58)25-24-54-32-37-75(38-33-54)39-42-99-44-45-100-43-40-82)36-21-17-13-9-5-4-8-12-16-20-34-71-66(84)23-19-15-11-7-3-2-6-10-14-18-22-60(83)53-101-47-46-98-41-35-72-67(85)31-30-61-62(77(88)89)52-65(80(94)95)69(70(61)81(96)97)73-68-63(78(90)91)50-59(76(86)87)51-64(68)79(92)93/h24-29,32-33,37-38,48-52,82H,2-23,30-31,34-36,39-47,53H2,1H3,(H,71,84)(H,72,85). The Kier molecular flexibility index (Phi) is 38.0. The van der Waals surface area contributed by atoms with Crippen molar-refractivity contribution < 1.29 is 72.5 Å². The molecular weight excluding hydrogens is 1310 g/mol. The van der Waals surface area contributed by atoms with Gasteiger partial charge in [-0.1, -0.05) is 133 Å². The predicted molar refractivity (Wildman–Crippen MR) is 380 cm³/mol. The summed E-state index contributed by atoms with van der Waals surface area (Å²) in [6.45, 7) is 4.37. The number of Topliss-reactive ketones (excluding diaryl/α,β-unsaturated/α-hetero) is 1. The number of pyridine rings is 1. The Morgan fingerprint density at radius 1 is 0.485 bits per heavy atom. The second-order valence-electron chi connectivity index (χ2n) is 24.4. The van der Waals surface area contributed by atoms with E-state index in [1.54, 1.807) is 0 Å². The molecule has 1 heterocycles. The molecule has 0 aliphatic rings. The molecule has 550 valence electrons. The molecule has 0 saturated heterocycles. The number of amides is 2. The highest BCUT2D eigenvalue weighted by Gasteiger charge is 2.35. The largest absolute Gasteiger partial charge is 0.635 e. The van der Waals surface area contributed by atoms with Crippen molar-refractivity contribution in [1.82, 2.24) is 10.6 Å². The van der Waals surface area contributed by atoms with Crippen LogP contribution in [0.3, 0.4) is 0 Å². The maximum atomic E-state index is 12.7. The average molecular weight is 1410 g/mol. The summed E-state index contributed by atoms with van der Waals surface area (Å²) in [6, 6.07) is 18.2. The average Bonchev–Trinajstić information content (AvgIpc) is 0.761. The molecule has 0 saturated carbocycles. The van der Waals surface area contributed by atoms with E-state index >= 15 is 0 Å². The molecule has 101 heavy (non-hydrogen) atoms. The molecule has 2 amide bonds. The van der Waals surface area contributed by atoms with Crippen molar-refractivity contribution >= 4 is 91.7 Å². The number of anilines is 1. The number of unbranched alkanes of at least 4 members (excludes halogenated alkanes) is 18. The first kappa shape index (κ1) is 82.1. The predicted octanol–water partition coefficient (Wildman–Crippen LogP) is 13.6. The van der Waals surface area contributed by atoms with Gasteiger partial charge in [-0.15, -0.1) is 0 Å². The van der Waals surface area contributed by atoms with Crippen LogP contribution in [-0.2, 0) is 46.3 Å². The number of hydrogen-bond acceptors (Lipinski definition) is 21. The van der Waals surface area contributed by atoms with Crippen LogP contribution >= 0.6 is 0 Å². The SMILES string of the molecule is CN(CCCCCCCCCCCCNC(=O)CCCCCCCCCCCCC(=O)COCCOCCNC(=O)CCc1c([N+](=O)[O-])cc([N+](=O)[O-])c([N-]c2c([N+](=O)[O-])cc([N+](=O)[O-])cc2[N+](=O)[O-])c1[N+](=O)[O-])c1ccc2cc(/C=C/c3cc[n+](CCOCCOCCO)cc3)ccc2c1. The fraction of sp³-hybridized carbons (Fsp3) is 0.543. The van der Waals surface area contributed by atoms with Crippen molar-refractivity contribution in [2.75, 3.05) is 91.0 Å². The van der Waals surface area contributed by atoms with E-state index in [1.807, 2.05) is 0 Å². The van der Waals surface area contributed by atoms with Crippen molar-refractivity contribution in [2.45, 2.75) is 161 Å². The first-order chi connectivity index (χ1) is 48.8. The van der Waals surface area contributed by atoms with E-state index in [2.05, 4.69) is 106 Å². The Labute approximate surface area is 586 Å². The fourth-order valence-corrected chi connectivity index (χ4v) is 11.2. The Hall–Kier alpha value is -9.56. The van der Waals surface area contributed by atoms with Gasteiger partial charge in [0.15, 0.2) is 24.7 Å². The lowest BCUT2D eigenvalue weighted by Crippen LogP contribution is -2.35. The number of aromatic nitrogens is 1. The minimum Gasteiger partial charge on any atom is -0.635 e. The lowest BCUT2D eigenvalue weighted by Gasteiger charge is -2.22. The summed E-state index contributed by atoms with van der Waals surface area (Å²) in [5, 5.41) is 91.7. The van der Waals surface area contributed by atoms with E-state index in [1.165, 1.54) is 67.8 Å². The molecule has 31 nitrogen and oxygen atoms in total. The lowest BCUT2D eigenvalue weighted by atomic mass is 10.0. The van der Waals surface area contributed by atoms with Crippen LogP contribution < -0.4 is 20.1 Å². The number of fused-ring (bicyclic) bond motifs is 1. The lowest BCUT2D eigenvalue weighted by molar-refractivity contribution is -0.698. The van der Waals surface area contributed by atoms with Gasteiger partial charge in [0.05, 0.1) is 94.0 Å². The summed E-state index contributed by atoms with van der Waals surface area (Å²) < 4.78 is 23.7. The van der Waals surface area contributed by atoms with Crippen LogP contribution in [0.1, 0.15) is 164 Å². The van der Waals surface area contributed by atoms with E-state index in [9.17, 15) is 75.1 Å². The van der Waals surface area contributed by atoms with E-state index < -0.39 is 99.4 Å². The molecular formula is C70H95N11O20. The van der Waals surface area contributed by atoms with E-state index in [0.29, 0.717) is 39.3 Å². The first-order valence-corrected chi connectivity index (χ1v) is 34.6. The summed E-state index contributed by atoms with van der Waals surface area (Å²) in [6.07, 6.45) is 30.2. The van der Waals surface area contributed by atoms with Gasteiger partial charge in [0.1, 0.15) is 18.8 Å². The number of carbonyl (C=O) groups excluding carboxylic acids is 3. The van der Waals surface area contributed by atoms with Gasteiger partial charge < -0.3 is 44.9 Å². The van der Waals surface area contributed by atoms with Crippen molar-refractivity contribution in [1.29, 1.82) is 0 Å². The number of carbonyl (C=O) groups is 3. The third-order valence-electron chi connectivity index (χ3n) is 16.7. The second-order valence-corrected chi connectivity index (χ2v) is 24.4. The van der Waals surface area contributed by atoms with Gasteiger partial charge in [-0.3, -0.25) is 75.1 Å². The molecule has 0 aliphatic heterocycles. The van der Waals surface area contributed by atoms with Crippen molar-refractivity contribution in [2.24, 2.45) is 0 Å². The zero-order valence-electron chi connectivity index (χ0n) is 57.6. The number of ether oxygens (including phenoxy) is 4. The molecule has 3 N–H and O–H groups in total. The van der Waals surface area contributed by atoms with Gasteiger partial charge in [0.2, 0.25) is 11.8 Å². The van der Waals surface area contributed by atoms with Crippen LogP contribution in [-0.4, -0.2) is 138 Å². The minimum atomic E-state index is -1.47. The molecule has 5 rings (SSSR count). The van der Waals surface area contributed by atoms with Crippen molar-refractivity contribution in [3.05, 3.63) is 162 Å². The first-order valence-electron chi connectivity index (χ1n) is 34.6. The molecule has 4 aromatic carbocycles. The second kappa shape index (κ2) is 46.7.